The monoisotopic (exact) mass is 238 g/mol. The van der Waals surface area contributed by atoms with Crippen molar-refractivity contribution in [3.05, 3.63) is 18.0 Å². The van der Waals surface area contributed by atoms with Gasteiger partial charge in [0.05, 0.1) is 18.8 Å². The van der Waals surface area contributed by atoms with Gasteiger partial charge in [-0.2, -0.15) is 5.10 Å². The van der Waals surface area contributed by atoms with Crippen LogP contribution in [0.25, 0.3) is 0 Å². The van der Waals surface area contributed by atoms with Crippen molar-refractivity contribution < 1.29 is 4.79 Å². The van der Waals surface area contributed by atoms with Crippen LogP contribution in [0.15, 0.2) is 12.4 Å². The van der Waals surface area contributed by atoms with E-state index in [0.29, 0.717) is 25.4 Å². The lowest BCUT2D eigenvalue weighted by atomic mass is 10.0. The minimum atomic E-state index is -0.408. The van der Waals surface area contributed by atoms with Crippen LogP contribution in [0.4, 0.5) is 0 Å². The number of carbonyl (C=O) groups is 1. The highest BCUT2D eigenvalue weighted by molar-refractivity contribution is 5.81. The largest absolute Gasteiger partial charge is 0.353 e. The molecule has 0 aliphatic rings. The van der Waals surface area contributed by atoms with Gasteiger partial charge in [0.25, 0.3) is 0 Å². The second-order valence-corrected chi connectivity index (χ2v) is 4.81. The Kier molecular flexibility index (Phi) is 5.15. The molecule has 5 heteroatoms. The Labute approximate surface area is 102 Å². The van der Waals surface area contributed by atoms with Crippen LogP contribution in [-0.2, 0) is 11.3 Å². The number of aromatic nitrogens is 2. The Bertz CT molecular complexity index is 359. The fourth-order valence-corrected chi connectivity index (χ4v) is 1.63. The first-order valence-electron chi connectivity index (χ1n) is 6.01. The first-order valence-corrected chi connectivity index (χ1v) is 6.01. The molecule has 0 unspecified atom stereocenters. The summed E-state index contributed by atoms with van der Waals surface area (Å²) in [6.07, 6.45) is 4.46. The maximum atomic E-state index is 11.6. The zero-order chi connectivity index (χ0) is 12.8. The summed E-state index contributed by atoms with van der Waals surface area (Å²) >= 11 is 0. The van der Waals surface area contributed by atoms with Crippen LogP contribution < -0.4 is 11.1 Å². The average Bonchev–Trinajstić information content (AvgIpc) is 2.63. The van der Waals surface area contributed by atoms with E-state index in [2.05, 4.69) is 24.3 Å². The van der Waals surface area contributed by atoms with Crippen LogP contribution >= 0.6 is 0 Å². The van der Waals surface area contributed by atoms with Crippen molar-refractivity contribution in [1.29, 1.82) is 0 Å². The number of rotatable bonds is 6. The van der Waals surface area contributed by atoms with Crippen LogP contribution in [-0.4, -0.2) is 28.3 Å². The topological polar surface area (TPSA) is 72.9 Å². The molecule has 1 amide bonds. The second kappa shape index (κ2) is 6.39. The molecule has 1 rings (SSSR count). The summed E-state index contributed by atoms with van der Waals surface area (Å²) in [6.45, 7) is 7.33. The number of nitrogens with one attached hydrogen (secondary N) is 1. The molecule has 0 aliphatic carbocycles. The number of hydrogen-bond acceptors (Lipinski definition) is 3. The van der Waals surface area contributed by atoms with Gasteiger partial charge in [0.2, 0.25) is 5.91 Å². The summed E-state index contributed by atoms with van der Waals surface area (Å²) in [5.41, 5.74) is 6.89. The summed E-state index contributed by atoms with van der Waals surface area (Å²) in [5, 5.41) is 6.96. The third-order valence-electron chi connectivity index (χ3n) is 2.46. The summed E-state index contributed by atoms with van der Waals surface area (Å²) in [7, 11) is 0. The molecular weight excluding hydrogens is 216 g/mol. The molecule has 1 aromatic heterocycles. The normalized spacial score (nSPS) is 12.8. The average molecular weight is 238 g/mol. The Hall–Kier alpha value is -1.36. The standard InChI is InChI=1S/C12H22N4O/c1-9(2)6-11(13)12(17)14-4-5-16-8-10(3)7-15-16/h7-9,11H,4-6,13H2,1-3H3,(H,14,17)/t11-/m1/s1. The smallest absolute Gasteiger partial charge is 0.236 e. The van der Waals surface area contributed by atoms with Crippen molar-refractivity contribution in [3.8, 4) is 0 Å². The maximum Gasteiger partial charge on any atom is 0.236 e. The lowest BCUT2D eigenvalue weighted by Gasteiger charge is -2.14. The highest BCUT2D eigenvalue weighted by Crippen LogP contribution is 2.02. The lowest BCUT2D eigenvalue weighted by Crippen LogP contribution is -2.42. The Morgan fingerprint density at radius 2 is 2.29 bits per heavy atom. The Balaban J connectivity index is 2.24. The van der Waals surface area contributed by atoms with E-state index in [1.807, 2.05) is 17.8 Å². The van der Waals surface area contributed by atoms with Crippen molar-refractivity contribution in [1.82, 2.24) is 15.1 Å². The molecule has 96 valence electrons. The van der Waals surface area contributed by atoms with E-state index in [4.69, 9.17) is 5.73 Å². The van der Waals surface area contributed by atoms with E-state index in [1.54, 1.807) is 6.20 Å². The first kappa shape index (κ1) is 13.7. The van der Waals surface area contributed by atoms with E-state index in [9.17, 15) is 4.79 Å². The highest BCUT2D eigenvalue weighted by atomic mass is 16.2. The van der Waals surface area contributed by atoms with Gasteiger partial charge in [-0.25, -0.2) is 0 Å². The van der Waals surface area contributed by atoms with Gasteiger partial charge < -0.3 is 11.1 Å². The Morgan fingerprint density at radius 3 is 2.82 bits per heavy atom. The quantitative estimate of drug-likeness (QED) is 0.765. The molecule has 0 saturated heterocycles. The predicted octanol–water partition coefficient (Wildman–Crippen LogP) is 0.681. The lowest BCUT2D eigenvalue weighted by molar-refractivity contribution is -0.122. The van der Waals surface area contributed by atoms with Crippen molar-refractivity contribution in [2.75, 3.05) is 6.54 Å². The molecule has 5 nitrogen and oxygen atoms in total. The van der Waals surface area contributed by atoms with Crippen LogP contribution in [0.5, 0.6) is 0 Å². The Morgan fingerprint density at radius 1 is 1.59 bits per heavy atom. The van der Waals surface area contributed by atoms with Gasteiger partial charge in [0.1, 0.15) is 0 Å². The summed E-state index contributed by atoms with van der Waals surface area (Å²) in [6, 6.07) is -0.408. The van der Waals surface area contributed by atoms with Gasteiger partial charge in [0, 0.05) is 12.7 Å². The summed E-state index contributed by atoms with van der Waals surface area (Å²) in [5.74, 6) is 0.354. The number of aryl methyl sites for hydroxylation is 1. The molecular formula is C12H22N4O. The minimum Gasteiger partial charge on any atom is -0.353 e. The third-order valence-corrected chi connectivity index (χ3v) is 2.46. The number of nitrogens with zero attached hydrogens (tertiary/aromatic N) is 2. The first-order chi connectivity index (χ1) is 7.99. The third kappa shape index (κ3) is 4.99. The van der Waals surface area contributed by atoms with E-state index in [1.165, 1.54) is 0 Å². The van der Waals surface area contributed by atoms with E-state index < -0.39 is 6.04 Å². The summed E-state index contributed by atoms with van der Waals surface area (Å²) < 4.78 is 1.81. The number of nitrogens with two attached hydrogens (primary N) is 1. The molecule has 0 radical (unpaired) electrons. The fourth-order valence-electron chi connectivity index (χ4n) is 1.63. The van der Waals surface area contributed by atoms with E-state index >= 15 is 0 Å². The summed E-state index contributed by atoms with van der Waals surface area (Å²) in [4.78, 5) is 11.6. The molecule has 0 aliphatic heterocycles. The van der Waals surface area contributed by atoms with Gasteiger partial charge in [-0.05, 0) is 24.8 Å². The van der Waals surface area contributed by atoms with Crippen molar-refractivity contribution >= 4 is 5.91 Å². The number of amides is 1. The minimum absolute atomic E-state index is 0.0809. The second-order valence-electron chi connectivity index (χ2n) is 4.81. The van der Waals surface area contributed by atoms with Crippen LogP contribution in [0.2, 0.25) is 0 Å². The predicted molar refractivity (Wildman–Crippen MR) is 67.4 cm³/mol. The highest BCUT2D eigenvalue weighted by Gasteiger charge is 2.13. The molecule has 1 aromatic rings. The van der Waals surface area contributed by atoms with Gasteiger partial charge in [0.15, 0.2) is 0 Å². The van der Waals surface area contributed by atoms with Gasteiger partial charge in [-0.3, -0.25) is 9.48 Å². The molecule has 0 fully saturated rings. The van der Waals surface area contributed by atoms with Gasteiger partial charge >= 0.3 is 0 Å². The molecule has 0 bridgehead atoms. The van der Waals surface area contributed by atoms with Crippen molar-refractivity contribution in [2.24, 2.45) is 11.7 Å². The van der Waals surface area contributed by atoms with Gasteiger partial charge in [-0.15, -0.1) is 0 Å². The van der Waals surface area contributed by atoms with Gasteiger partial charge in [-0.1, -0.05) is 13.8 Å². The zero-order valence-electron chi connectivity index (χ0n) is 10.8. The van der Waals surface area contributed by atoms with Crippen LogP contribution in [0, 0.1) is 12.8 Å². The molecule has 3 N–H and O–H groups in total. The fraction of sp³-hybridized carbons (Fsp3) is 0.667. The van der Waals surface area contributed by atoms with E-state index in [0.717, 1.165) is 5.56 Å². The van der Waals surface area contributed by atoms with Crippen LogP contribution in [0.3, 0.4) is 0 Å². The SMILES string of the molecule is Cc1cnn(CCNC(=O)[C@H](N)CC(C)C)c1. The molecule has 1 heterocycles. The zero-order valence-corrected chi connectivity index (χ0v) is 10.8. The molecule has 0 aromatic carbocycles. The molecule has 0 saturated carbocycles. The molecule has 0 spiro atoms. The van der Waals surface area contributed by atoms with Crippen molar-refractivity contribution in [3.63, 3.8) is 0 Å². The number of hydrogen-bond donors (Lipinski definition) is 2. The van der Waals surface area contributed by atoms with E-state index in [-0.39, 0.29) is 5.91 Å². The maximum absolute atomic E-state index is 11.6. The number of carbonyl (C=O) groups excluding carboxylic acids is 1. The van der Waals surface area contributed by atoms with Crippen LogP contribution in [0.1, 0.15) is 25.8 Å². The molecule has 17 heavy (non-hydrogen) atoms. The van der Waals surface area contributed by atoms with Crippen molar-refractivity contribution in [2.45, 2.75) is 39.8 Å². The molecule has 1 atom stereocenters.